The third kappa shape index (κ3) is 8.00. The SMILES string of the molecule is CC[NH2+]C(CO)C(O)c1ccc(N2CC(CN=CC(CCNC)=NN)OC2=O)cc1.[I-]. The van der Waals surface area contributed by atoms with Crippen molar-refractivity contribution in [3.05, 3.63) is 29.8 Å². The lowest BCUT2D eigenvalue weighted by Gasteiger charge is -2.20. The maximum Gasteiger partial charge on any atom is 0.414 e. The summed E-state index contributed by atoms with van der Waals surface area (Å²) >= 11 is 0. The predicted octanol–water partition coefficient (Wildman–Crippen LogP) is -4.01. The summed E-state index contributed by atoms with van der Waals surface area (Å²) in [7, 11) is 1.85. The average molecular weight is 548 g/mol. The highest BCUT2D eigenvalue weighted by atomic mass is 127. The number of likely N-dealkylation sites (N-methyl/N-ethyl adjacent to an activating group) is 1. The highest BCUT2D eigenvalue weighted by Crippen LogP contribution is 2.24. The number of aliphatic hydroxyl groups excluding tert-OH is 2. The molecule has 0 aromatic heterocycles. The molecule has 0 spiro atoms. The third-order valence-electron chi connectivity index (χ3n) is 4.92. The summed E-state index contributed by atoms with van der Waals surface area (Å²) in [5.41, 5.74) is 2.04. The first-order valence-electron chi connectivity index (χ1n) is 10.2. The molecule has 7 N–H and O–H groups in total. The van der Waals surface area contributed by atoms with Crippen molar-refractivity contribution in [1.29, 1.82) is 0 Å². The molecule has 0 radical (unpaired) electrons. The Hall–Kier alpha value is -1.80. The fourth-order valence-corrected chi connectivity index (χ4v) is 3.22. The largest absolute Gasteiger partial charge is 1.00 e. The average Bonchev–Trinajstić information content (AvgIpc) is 3.14. The Labute approximate surface area is 200 Å². The molecule has 1 saturated heterocycles. The molecule has 1 fully saturated rings. The molecule has 1 aromatic rings. The number of ether oxygens (including phenoxy) is 1. The summed E-state index contributed by atoms with van der Waals surface area (Å²) in [6.45, 7) is 4.05. The van der Waals surface area contributed by atoms with Crippen molar-refractivity contribution in [2.24, 2.45) is 15.9 Å². The zero-order valence-corrected chi connectivity index (χ0v) is 20.1. The van der Waals surface area contributed by atoms with Gasteiger partial charge in [0.25, 0.3) is 0 Å². The fraction of sp³-hybridized carbons (Fsp3) is 0.550. The third-order valence-corrected chi connectivity index (χ3v) is 4.92. The molecular formula is C20H33IN6O4. The van der Waals surface area contributed by atoms with E-state index in [1.54, 1.807) is 30.5 Å². The van der Waals surface area contributed by atoms with Crippen LogP contribution in [0.5, 0.6) is 0 Å². The maximum atomic E-state index is 12.3. The Morgan fingerprint density at radius 3 is 2.74 bits per heavy atom. The van der Waals surface area contributed by atoms with E-state index in [0.717, 1.165) is 13.1 Å². The van der Waals surface area contributed by atoms with Gasteiger partial charge in [0.1, 0.15) is 18.2 Å². The van der Waals surface area contributed by atoms with Crippen LogP contribution in [-0.4, -0.2) is 80.2 Å². The van der Waals surface area contributed by atoms with Crippen molar-refractivity contribution in [1.82, 2.24) is 5.32 Å². The van der Waals surface area contributed by atoms with E-state index in [2.05, 4.69) is 15.4 Å². The summed E-state index contributed by atoms with van der Waals surface area (Å²) in [6.07, 6.45) is 0.685. The van der Waals surface area contributed by atoms with Gasteiger partial charge in [0.15, 0.2) is 0 Å². The number of hydrazone groups is 1. The second-order valence-electron chi connectivity index (χ2n) is 7.11. The molecule has 31 heavy (non-hydrogen) atoms. The van der Waals surface area contributed by atoms with E-state index in [4.69, 9.17) is 10.6 Å². The van der Waals surface area contributed by atoms with E-state index in [1.807, 2.05) is 19.3 Å². The predicted molar refractivity (Wildman–Crippen MR) is 116 cm³/mol. The van der Waals surface area contributed by atoms with Crippen molar-refractivity contribution in [3.63, 3.8) is 0 Å². The number of aliphatic hydroxyl groups is 2. The number of anilines is 1. The number of benzene rings is 1. The van der Waals surface area contributed by atoms with Gasteiger partial charge in [-0.3, -0.25) is 9.89 Å². The van der Waals surface area contributed by atoms with Crippen LogP contribution in [0.3, 0.4) is 0 Å². The number of cyclic esters (lactones) is 1. The minimum absolute atomic E-state index is 0. The summed E-state index contributed by atoms with van der Waals surface area (Å²) in [4.78, 5) is 18.1. The van der Waals surface area contributed by atoms with Crippen molar-refractivity contribution in [3.8, 4) is 0 Å². The number of nitrogens with zero attached hydrogens (tertiary/aromatic N) is 3. The number of rotatable bonds is 12. The van der Waals surface area contributed by atoms with E-state index in [0.29, 0.717) is 36.5 Å². The quantitative estimate of drug-likeness (QED) is 0.0778. The highest BCUT2D eigenvalue weighted by Gasteiger charge is 2.32. The van der Waals surface area contributed by atoms with Gasteiger partial charge in [-0.2, -0.15) is 5.10 Å². The van der Waals surface area contributed by atoms with Crippen molar-refractivity contribution in [2.45, 2.75) is 31.6 Å². The number of nitrogens with two attached hydrogens (primary N) is 2. The van der Waals surface area contributed by atoms with Gasteiger partial charge in [0, 0.05) is 24.9 Å². The molecule has 1 heterocycles. The van der Waals surface area contributed by atoms with Gasteiger partial charge in [-0.05, 0) is 31.7 Å². The van der Waals surface area contributed by atoms with Crippen LogP contribution in [0.4, 0.5) is 10.5 Å². The van der Waals surface area contributed by atoms with Crippen LogP contribution >= 0.6 is 0 Å². The molecule has 3 atom stereocenters. The van der Waals surface area contributed by atoms with Crippen LogP contribution in [-0.2, 0) is 4.74 Å². The molecule has 174 valence electrons. The molecule has 11 heteroatoms. The van der Waals surface area contributed by atoms with E-state index in [-0.39, 0.29) is 42.7 Å². The van der Waals surface area contributed by atoms with Gasteiger partial charge in [0.2, 0.25) is 0 Å². The monoisotopic (exact) mass is 548 g/mol. The lowest BCUT2D eigenvalue weighted by molar-refractivity contribution is -0.696. The number of carbonyl (C=O) groups excluding carboxylic acids is 1. The van der Waals surface area contributed by atoms with Gasteiger partial charge in [-0.15, -0.1) is 0 Å². The second-order valence-corrected chi connectivity index (χ2v) is 7.11. The number of hydrogen-bond acceptors (Lipinski definition) is 8. The van der Waals surface area contributed by atoms with Gasteiger partial charge in [0.05, 0.1) is 32.0 Å². The minimum atomic E-state index is -0.794. The molecular weight excluding hydrogens is 515 g/mol. The lowest BCUT2D eigenvalue weighted by Crippen LogP contribution is -3.00. The molecule has 0 aliphatic carbocycles. The molecule has 1 amide bonds. The number of halogens is 1. The topological polar surface area (TPSA) is 149 Å². The molecule has 10 nitrogen and oxygen atoms in total. The zero-order chi connectivity index (χ0) is 21.9. The Morgan fingerprint density at radius 1 is 1.45 bits per heavy atom. The first-order chi connectivity index (χ1) is 14.5. The van der Waals surface area contributed by atoms with E-state index < -0.39 is 12.2 Å². The number of aliphatic imine (C=N–C) groups is 1. The van der Waals surface area contributed by atoms with Gasteiger partial charge in [-0.1, -0.05) is 12.1 Å². The zero-order valence-electron chi connectivity index (χ0n) is 17.9. The highest BCUT2D eigenvalue weighted by molar-refractivity contribution is 6.30. The molecule has 0 saturated carbocycles. The van der Waals surface area contributed by atoms with Crippen LogP contribution in [0.1, 0.15) is 25.0 Å². The number of amides is 1. The van der Waals surface area contributed by atoms with Gasteiger partial charge in [-0.25, -0.2) is 4.79 Å². The fourth-order valence-electron chi connectivity index (χ4n) is 3.22. The number of carbonyl (C=O) groups is 1. The molecule has 1 aliphatic heterocycles. The number of quaternary nitrogens is 1. The smallest absolute Gasteiger partial charge is 0.414 e. The first-order valence-corrected chi connectivity index (χ1v) is 10.2. The summed E-state index contributed by atoms with van der Waals surface area (Å²) in [6, 6.07) is 6.73. The summed E-state index contributed by atoms with van der Waals surface area (Å²) < 4.78 is 5.39. The van der Waals surface area contributed by atoms with Crippen molar-refractivity contribution in [2.75, 3.05) is 44.7 Å². The Kier molecular flexibility index (Phi) is 12.6. The van der Waals surface area contributed by atoms with Crippen molar-refractivity contribution < 1.29 is 49.0 Å². The first kappa shape index (κ1) is 27.2. The van der Waals surface area contributed by atoms with E-state index in [1.165, 1.54) is 4.90 Å². The summed E-state index contributed by atoms with van der Waals surface area (Å²) in [5, 5.41) is 28.5. The van der Waals surface area contributed by atoms with E-state index in [9.17, 15) is 15.0 Å². The summed E-state index contributed by atoms with van der Waals surface area (Å²) in [5.74, 6) is 5.35. The van der Waals surface area contributed by atoms with Crippen LogP contribution in [0, 0.1) is 0 Å². The minimum Gasteiger partial charge on any atom is -1.00 e. The molecule has 3 unspecified atom stereocenters. The van der Waals surface area contributed by atoms with E-state index >= 15 is 0 Å². The van der Waals surface area contributed by atoms with Crippen LogP contribution in [0.15, 0.2) is 34.4 Å². The Bertz CT molecular complexity index is 731. The van der Waals surface area contributed by atoms with Crippen LogP contribution < -0.4 is 45.4 Å². The van der Waals surface area contributed by atoms with Crippen LogP contribution in [0.25, 0.3) is 0 Å². The van der Waals surface area contributed by atoms with Crippen molar-refractivity contribution >= 4 is 23.7 Å². The lowest BCUT2D eigenvalue weighted by atomic mass is 10.0. The standard InChI is InChI=1S/C20H32N6O4.HI/c1-3-24-18(13-27)19(28)14-4-6-16(7-5-14)26-12-17(30-20(26)29)11-23-10-15(25-21)8-9-22-2;/h4-7,10,17-19,22,24,27-28H,3,8-9,11-13,21H2,1-2H3;1H. The van der Waals surface area contributed by atoms with Crippen LogP contribution in [0.2, 0.25) is 0 Å². The normalized spacial score (nSPS) is 18.7. The molecule has 0 bridgehead atoms. The van der Waals surface area contributed by atoms with Gasteiger partial charge < -0.3 is 55.4 Å². The number of nitrogens with one attached hydrogen (secondary N) is 1. The molecule has 1 aliphatic rings. The Morgan fingerprint density at radius 2 is 2.16 bits per heavy atom. The Balaban J connectivity index is 0.00000480. The molecule has 1 aromatic carbocycles. The maximum absolute atomic E-state index is 12.3. The van der Waals surface area contributed by atoms with Gasteiger partial charge >= 0.3 is 6.09 Å². The number of hydrogen-bond donors (Lipinski definition) is 5. The second kappa shape index (κ2) is 14.3. The molecule has 2 rings (SSSR count).